The predicted octanol–water partition coefficient (Wildman–Crippen LogP) is 4.85. The second kappa shape index (κ2) is 7.87. The molecule has 0 amide bonds. The van der Waals surface area contributed by atoms with Gasteiger partial charge in [0.2, 0.25) is 0 Å². The standard InChI is InChI=1S/C18H21Cl2NO/c1-3-12-4-6-14(7-5-12)15(11-21)8-13-9-16(19)18(22-2)17(20)10-13/h4-7,9-10,15H,3,8,11,21H2,1-2H3. The third-order valence-corrected chi connectivity index (χ3v) is 4.45. The minimum absolute atomic E-state index is 0.242. The van der Waals surface area contributed by atoms with E-state index in [1.54, 1.807) is 7.11 Å². The molecule has 0 radical (unpaired) electrons. The summed E-state index contributed by atoms with van der Waals surface area (Å²) >= 11 is 12.4. The number of hydrogen-bond donors (Lipinski definition) is 1. The summed E-state index contributed by atoms with van der Waals surface area (Å²) in [6.07, 6.45) is 1.84. The zero-order valence-corrected chi connectivity index (χ0v) is 14.4. The fraction of sp³-hybridized carbons (Fsp3) is 0.333. The van der Waals surface area contributed by atoms with Crippen LogP contribution in [-0.2, 0) is 12.8 Å². The van der Waals surface area contributed by atoms with Crippen LogP contribution in [-0.4, -0.2) is 13.7 Å². The predicted molar refractivity (Wildman–Crippen MR) is 94.3 cm³/mol. The molecule has 118 valence electrons. The molecule has 0 spiro atoms. The van der Waals surface area contributed by atoms with Gasteiger partial charge in [-0.2, -0.15) is 0 Å². The fourth-order valence-corrected chi connectivity index (χ4v) is 3.26. The molecular formula is C18H21Cl2NO. The van der Waals surface area contributed by atoms with Crippen molar-refractivity contribution in [2.24, 2.45) is 5.73 Å². The van der Waals surface area contributed by atoms with Crippen LogP contribution < -0.4 is 10.5 Å². The van der Waals surface area contributed by atoms with Crippen LogP contribution in [0, 0.1) is 0 Å². The highest BCUT2D eigenvalue weighted by Gasteiger charge is 2.14. The molecule has 0 bridgehead atoms. The van der Waals surface area contributed by atoms with Gasteiger partial charge >= 0.3 is 0 Å². The van der Waals surface area contributed by atoms with E-state index in [9.17, 15) is 0 Å². The molecule has 0 heterocycles. The van der Waals surface area contributed by atoms with Crippen molar-refractivity contribution in [2.75, 3.05) is 13.7 Å². The maximum Gasteiger partial charge on any atom is 0.156 e. The largest absolute Gasteiger partial charge is 0.494 e. The average Bonchev–Trinajstić information content (AvgIpc) is 2.52. The Morgan fingerprint density at radius 2 is 1.64 bits per heavy atom. The molecule has 2 rings (SSSR count). The molecule has 2 nitrogen and oxygen atoms in total. The summed E-state index contributed by atoms with van der Waals surface area (Å²) in [5.74, 6) is 0.759. The van der Waals surface area contributed by atoms with Gasteiger partial charge < -0.3 is 10.5 Å². The first kappa shape index (κ1) is 17.1. The van der Waals surface area contributed by atoms with E-state index in [0.717, 1.165) is 18.4 Å². The molecule has 0 saturated heterocycles. The highest BCUT2D eigenvalue weighted by Crippen LogP contribution is 2.35. The molecule has 1 atom stereocenters. The Balaban J connectivity index is 2.22. The van der Waals surface area contributed by atoms with Crippen molar-refractivity contribution in [1.82, 2.24) is 0 Å². The second-order valence-corrected chi connectivity index (χ2v) is 6.14. The van der Waals surface area contributed by atoms with Crippen LogP contribution in [0.3, 0.4) is 0 Å². The lowest BCUT2D eigenvalue weighted by molar-refractivity contribution is 0.415. The van der Waals surface area contributed by atoms with Crippen molar-refractivity contribution >= 4 is 23.2 Å². The van der Waals surface area contributed by atoms with Gasteiger partial charge in [-0.25, -0.2) is 0 Å². The zero-order chi connectivity index (χ0) is 16.1. The van der Waals surface area contributed by atoms with Crippen LogP contribution in [0.2, 0.25) is 10.0 Å². The lowest BCUT2D eigenvalue weighted by atomic mass is 9.91. The van der Waals surface area contributed by atoms with Crippen molar-refractivity contribution in [3.8, 4) is 5.75 Å². The van der Waals surface area contributed by atoms with Gasteiger partial charge in [0.1, 0.15) is 0 Å². The molecule has 2 aromatic carbocycles. The van der Waals surface area contributed by atoms with E-state index >= 15 is 0 Å². The highest BCUT2D eigenvalue weighted by molar-refractivity contribution is 6.37. The fourth-order valence-electron chi connectivity index (χ4n) is 2.57. The maximum absolute atomic E-state index is 6.21. The molecular weight excluding hydrogens is 317 g/mol. The summed E-state index contributed by atoms with van der Waals surface area (Å²) < 4.78 is 5.18. The number of rotatable bonds is 6. The van der Waals surface area contributed by atoms with E-state index < -0.39 is 0 Å². The Bertz CT molecular complexity index is 602. The van der Waals surface area contributed by atoms with Crippen LogP contribution >= 0.6 is 23.2 Å². The molecule has 0 fully saturated rings. The topological polar surface area (TPSA) is 35.2 Å². The molecule has 2 N–H and O–H groups in total. The van der Waals surface area contributed by atoms with Crippen molar-refractivity contribution in [3.05, 3.63) is 63.1 Å². The Morgan fingerprint density at radius 3 is 2.09 bits per heavy atom. The summed E-state index contributed by atoms with van der Waals surface area (Å²) in [6, 6.07) is 12.4. The van der Waals surface area contributed by atoms with Gasteiger partial charge in [0, 0.05) is 5.92 Å². The lowest BCUT2D eigenvalue weighted by Gasteiger charge is -2.17. The Labute approximate surface area is 142 Å². The Kier molecular flexibility index (Phi) is 6.13. The number of methoxy groups -OCH3 is 1. The minimum atomic E-state index is 0.242. The SMILES string of the molecule is CCc1ccc(C(CN)Cc2cc(Cl)c(OC)c(Cl)c2)cc1. The number of nitrogens with two attached hydrogens (primary N) is 1. The van der Waals surface area contributed by atoms with Crippen molar-refractivity contribution in [3.63, 3.8) is 0 Å². The van der Waals surface area contributed by atoms with E-state index in [1.165, 1.54) is 11.1 Å². The summed E-state index contributed by atoms with van der Waals surface area (Å²) in [6.45, 7) is 2.73. The average molecular weight is 338 g/mol. The summed E-state index contributed by atoms with van der Waals surface area (Å²) in [7, 11) is 1.56. The van der Waals surface area contributed by atoms with E-state index in [1.807, 2.05) is 12.1 Å². The van der Waals surface area contributed by atoms with Crippen molar-refractivity contribution < 1.29 is 4.74 Å². The van der Waals surface area contributed by atoms with Gasteiger partial charge in [-0.05, 0) is 48.2 Å². The van der Waals surface area contributed by atoms with Gasteiger partial charge in [-0.1, -0.05) is 54.4 Å². The quantitative estimate of drug-likeness (QED) is 0.817. The summed E-state index contributed by atoms with van der Waals surface area (Å²) in [4.78, 5) is 0. The lowest BCUT2D eigenvalue weighted by Crippen LogP contribution is -2.15. The van der Waals surface area contributed by atoms with Crippen molar-refractivity contribution in [1.29, 1.82) is 0 Å². The number of hydrogen-bond acceptors (Lipinski definition) is 2. The first-order chi connectivity index (χ1) is 10.6. The Hall–Kier alpha value is -1.22. The van der Waals surface area contributed by atoms with Crippen LogP contribution in [0.4, 0.5) is 0 Å². The highest BCUT2D eigenvalue weighted by atomic mass is 35.5. The molecule has 0 aliphatic rings. The van der Waals surface area contributed by atoms with Gasteiger partial charge in [0.05, 0.1) is 17.2 Å². The number of halogens is 2. The molecule has 22 heavy (non-hydrogen) atoms. The first-order valence-corrected chi connectivity index (χ1v) is 8.15. The first-order valence-electron chi connectivity index (χ1n) is 7.39. The van der Waals surface area contributed by atoms with Gasteiger partial charge in [0.25, 0.3) is 0 Å². The van der Waals surface area contributed by atoms with Crippen LogP contribution in [0.1, 0.15) is 29.5 Å². The number of ether oxygens (including phenoxy) is 1. The van der Waals surface area contributed by atoms with E-state index in [0.29, 0.717) is 22.3 Å². The smallest absolute Gasteiger partial charge is 0.156 e. The van der Waals surface area contributed by atoms with Gasteiger partial charge in [0.15, 0.2) is 5.75 Å². The Morgan fingerprint density at radius 1 is 1.05 bits per heavy atom. The molecule has 2 aromatic rings. The summed E-state index contributed by atoms with van der Waals surface area (Å²) in [5.41, 5.74) is 9.59. The van der Waals surface area contributed by atoms with Gasteiger partial charge in [-0.15, -0.1) is 0 Å². The third-order valence-electron chi connectivity index (χ3n) is 3.89. The molecule has 4 heteroatoms. The molecule has 1 unspecified atom stereocenters. The number of benzene rings is 2. The molecule has 0 aliphatic carbocycles. The monoisotopic (exact) mass is 337 g/mol. The summed E-state index contributed by atoms with van der Waals surface area (Å²) in [5, 5.41) is 1.06. The second-order valence-electron chi connectivity index (χ2n) is 5.32. The molecule has 0 saturated carbocycles. The van der Waals surface area contributed by atoms with Crippen LogP contribution in [0.15, 0.2) is 36.4 Å². The third kappa shape index (κ3) is 3.95. The van der Waals surface area contributed by atoms with Crippen LogP contribution in [0.5, 0.6) is 5.75 Å². The molecule has 0 aliphatic heterocycles. The normalized spacial score (nSPS) is 12.2. The van der Waals surface area contributed by atoms with E-state index in [-0.39, 0.29) is 5.92 Å². The van der Waals surface area contributed by atoms with Gasteiger partial charge in [-0.3, -0.25) is 0 Å². The van der Waals surface area contributed by atoms with Crippen molar-refractivity contribution in [2.45, 2.75) is 25.7 Å². The number of aryl methyl sites for hydroxylation is 1. The van der Waals surface area contributed by atoms with Crippen LogP contribution in [0.25, 0.3) is 0 Å². The molecule has 0 aromatic heterocycles. The maximum atomic E-state index is 6.21. The zero-order valence-electron chi connectivity index (χ0n) is 12.9. The minimum Gasteiger partial charge on any atom is -0.494 e. The van der Waals surface area contributed by atoms with E-state index in [4.69, 9.17) is 33.7 Å². The van der Waals surface area contributed by atoms with E-state index in [2.05, 4.69) is 31.2 Å².